The largest absolute Gasteiger partial charge is 0.303 e. The van der Waals surface area contributed by atoms with Gasteiger partial charge in [0, 0.05) is 31.7 Å². The Morgan fingerprint density at radius 3 is 2.63 bits per heavy atom. The Labute approximate surface area is 162 Å². The Bertz CT molecular complexity index is 730. The van der Waals surface area contributed by atoms with E-state index < -0.39 is 0 Å². The third-order valence-corrected chi connectivity index (χ3v) is 5.72. The number of piperidine rings is 1. The molecule has 0 bridgehead atoms. The molecule has 1 amide bonds. The van der Waals surface area contributed by atoms with Crippen molar-refractivity contribution in [3.05, 3.63) is 60.3 Å². The van der Waals surface area contributed by atoms with Crippen molar-refractivity contribution in [3.63, 3.8) is 0 Å². The number of hydrogen-bond acceptors (Lipinski definition) is 3. The number of rotatable bonds is 7. The van der Waals surface area contributed by atoms with Crippen LogP contribution < -0.4 is 4.90 Å². The number of anilines is 1. The second-order valence-electron chi connectivity index (χ2n) is 7.96. The number of likely N-dealkylation sites (tertiary alicyclic amines) is 1. The van der Waals surface area contributed by atoms with Gasteiger partial charge in [0.2, 0.25) is 5.91 Å². The smallest absolute Gasteiger partial charge is 0.231 e. The van der Waals surface area contributed by atoms with Crippen molar-refractivity contribution >= 4 is 11.7 Å². The maximum Gasteiger partial charge on any atom is 0.231 e. The maximum absolute atomic E-state index is 12.8. The van der Waals surface area contributed by atoms with Crippen molar-refractivity contribution < 1.29 is 4.79 Å². The monoisotopic (exact) mass is 363 g/mol. The molecule has 4 heteroatoms. The average molecular weight is 364 g/mol. The fraction of sp³-hybridized carbons (Fsp3) is 0.478. The first-order valence-corrected chi connectivity index (χ1v) is 10.3. The van der Waals surface area contributed by atoms with Gasteiger partial charge in [0.15, 0.2) is 0 Å². The number of amides is 1. The molecule has 1 saturated carbocycles. The summed E-state index contributed by atoms with van der Waals surface area (Å²) in [4.78, 5) is 21.8. The van der Waals surface area contributed by atoms with Crippen molar-refractivity contribution in [1.29, 1.82) is 0 Å². The van der Waals surface area contributed by atoms with Crippen LogP contribution in [-0.2, 0) is 11.2 Å². The minimum atomic E-state index is 0.227. The number of aromatic nitrogens is 1. The van der Waals surface area contributed by atoms with E-state index in [0.717, 1.165) is 44.7 Å². The highest BCUT2D eigenvalue weighted by atomic mass is 16.2. The van der Waals surface area contributed by atoms with Gasteiger partial charge in [-0.1, -0.05) is 36.4 Å². The maximum atomic E-state index is 12.8. The second kappa shape index (κ2) is 8.66. The topological polar surface area (TPSA) is 36.4 Å². The van der Waals surface area contributed by atoms with E-state index in [9.17, 15) is 4.79 Å². The van der Waals surface area contributed by atoms with E-state index in [1.807, 2.05) is 23.1 Å². The minimum absolute atomic E-state index is 0.227. The predicted molar refractivity (Wildman–Crippen MR) is 109 cm³/mol. The molecular weight excluding hydrogens is 334 g/mol. The van der Waals surface area contributed by atoms with E-state index >= 15 is 0 Å². The van der Waals surface area contributed by atoms with Gasteiger partial charge in [-0.05, 0) is 62.3 Å². The van der Waals surface area contributed by atoms with Crippen LogP contribution in [-0.4, -0.2) is 42.0 Å². The summed E-state index contributed by atoms with van der Waals surface area (Å²) in [6.07, 6.45) is 7.37. The third-order valence-electron chi connectivity index (χ3n) is 5.72. The van der Waals surface area contributed by atoms with Crippen LogP contribution in [0.5, 0.6) is 0 Å². The van der Waals surface area contributed by atoms with E-state index in [1.165, 1.54) is 24.9 Å². The Morgan fingerprint density at radius 2 is 1.89 bits per heavy atom. The van der Waals surface area contributed by atoms with Crippen LogP contribution in [0, 0.1) is 11.8 Å². The number of carbonyl (C=O) groups is 1. The van der Waals surface area contributed by atoms with Crippen LogP contribution in [0.1, 0.15) is 31.2 Å². The first kappa shape index (κ1) is 18.2. The first-order chi connectivity index (χ1) is 13.3. The van der Waals surface area contributed by atoms with Crippen LogP contribution >= 0.6 is 0 Å². The Kier molecular flexibility index (Phi) is 5.83. The van der Waals surface area contributed by atoms with E-state index in [2.05, 4.69) is 40.2 Å². The van der Waals surface area contributed by atoms with Crippen LogP contribution in [0.2, 0.25) is 0 Å². The summed E-state index contributed by atoms with van der Waals surface area (Å²) < 4.78 is 0. The van der Waals surface area contributed by atoms with E-state index in [0.29, 0.717) is 5.92 Å². The first-order valence-electron chi connectivity index (χ1n) is 10.3. The van der Waals surface area contributed by atoms with Crippen molar-refractivity contribution in [2.75, 3.05) is 31.1 Å². The fourth-order valence-electron chi connectivity index (χ4n) is 4.05. The molecule has 2 fully saturated rings. The Hall–Kier alpha value is -2.20. The summed E-state index contributed by atoms with van der Waals surface area (Å²) in [5, 5.41) is 0. The molecule has 1 saturated heterocycles. The number of carbonyl (C=O) groups excluding carboxylic acids is 1. The number of benzene rings is 1. The summed E-state index contributed by atoms with van der Waals surface area (Å²) in [5.41, 5.74) is 1.40. The molecule has 4 rings (SSSR count). The SMILES string of the molecule is O=C(C1CC1)N(CC1CCCN(CCc2ccccc2)C1)c1ccccn1. The highest BCUT2D eigenvalue weighted by molar-refractivity contribution is 5.95. The van der Waals surface area contributed by atoms with Gasteiger partial charge in [-0.25, -0.2) is 4.98 Å². The molecule has 1 unspecified atom stereocenters. The molecule has 2 heterocycles. The molecule has 2 aromatic rings. The zero-order valence-electron chi connectivity index (χ0n) is 16.0. The van der Waals surface area contributed by atoms with E-state index in [1.54, 1.807) is 6.20 Å². The van der Waals surface area contributed by atoms with Crippen molar-refractivity contribution in [2.45, 2.75) is 32.1 Å². The van der Waals surface area contributed by atoms with Gasteiger partial charge in [-0.15, -0.1) is 0 Å². The molecule has 1 aliphatic heterocycles. The lowest BCUT2D eigenvalue weighted by atomic mass is 9.96. The van der Waals surface area contributed by atoms with Gasteiger partial charge in [-0.3, -0.25) is 9.69 Å². The second-order valence-corrected chi connectivity index (χ2v) is 7.96. The van der Waals surface area contributed by atoms with Crippen LogP contribution in [0.15, 0.2) is 54.7 Å². The van der Waals surface area contributed by atoms with Gasteiger partial charge < -0.3 is 4.90 Å². The molecule has 0 radical (unpaired) electrons. The lowest BCUT2D eigenvalue weighted by molar-refractivity contribution is -0.120. The zero-order valence-corrected chi connectivity index (χ0v) is 16.0. The van der Waals surface area contributed by atoms with Crippen molar-refractivity contribution in [1.82, 2.24) is 9.88 Å². The lowest BCUT2D eigenvalue weighted by Crippen LogP contribution is -2.44. The van der Waals surface area contributed by atoms with Gasteiger partial charge >= 0.3 is 0 Å². The molecule has 2 aliphatic rings. The molecule has 0 N–H and O–H groups in total. The number of nitrogens with zero attached hydrogens (tertiary/aromatic N) is 3. The molecule has 0 spiro atoms. The summed E-state index contributed by atoms with van der Waals surface area (Å²) >= 11 is 0. The third kappa shape index (κ3) is 4.95. The Morgan fingerprint density at radius 1 is 1.07 bits per heavy atom. The Balaban J connectivity index is 1.37. The van der Waals surface area contributed by atoms with Crippen LogP contribution in [0.4, 0.5) is 5.82 Å². The molecule has 1 aromatic heterocycles. The van der Waals surface area contributed by atoms with Gasteiger partial charge in [0.1, 0.15) is 5.82 Å². The summed E-state index contributed by atoms with van der Waals surface area (Å²) in [6, 6.07) is 16.6. The number of hydrogen-bond donors (Lipinski definition) is 0. The van der Waals surface area contributed by atoms with Gasteiger partial charge in [-0.2, -0.15) is 0 Å². The molecular formula is C23H29N3O. The van der Waals surface area contributed by atoms with E-state index in [-0.39, 0.29) is 11.8 Å². The molecule has 27 heavy (non-hydrogen) atoms. The molecule has 1 aliphatic carbocycles. The highest BCUT2D eigenvalue weighted by Gasteiger charge is 2.35. The minimum Gasteiger partial charge on any atom is -0.303 e. The van der Waals surface area contributed by atoms with E-state index in [4.69, 9.17) is 0 Å². The van der Waals surface area contributed by atoms with Gasteiger partial charge in [0.05, 0.1) is 0 Å². The van der Waals surface area contributed by atoms with Crippen LogP contribution in [0.25, 0.3) is 0 Å². The van der Waals surface area contributed by atoms with Crippen molar-refractivity contribution in [2.24, 2.45) is 11.8 Å². The molecule has 1 atom stereocenters. The predicted octanol–water partition coefficient (Wildman–Crippen LogP) is 3.78. The lowest BCUT2D eigenvalue weighted by Gasteiger charge is -2.35. The average Bonchev–Trinajstić information content (AvgIpc) is 3.57. The van der Waals surface area contributed by atoms with Crippen LogP contribution in [0.3, 0.4) is 0 Å². The number of pyridine rings is 1. The highest BCUT2D eigenvalue weighted by Crippen LogP contribution is 2.33. The quantitative estimate of drug-likeness (QED) is 0.751. The zero-order chi connectivity index (χ0) is 18.5. The molecule has 1 aromatic carbocycles. The summed E-state index contributed by atoms with van der Waals surface area (Å²) in [7, 11) is 0. The summed E-state index contributed by atoms with van der Waals surface area (Å²) in [6.45, 7) is 4.15. The molecule has 4 nitrogen and oxygen atoms in total. The van der Waals surface area contributed by atoms with Crippen molar-refractivity contribution in [3.8, 4) is 0 Å². The van der Waals surface area contributed by atoms with Gasteiger partial charge in [0.25, 0.3) is 0 Å². The summed E-state index contributed by atoms with van der Waals surface area (Å²) in [5.74, 6) is 1.84. The normalized spacial score (nSPS) is 20.4. The molecule has 142 valence electrons. The standard InChI is InChI=1S/C23H29N3O/c27-23(21-11-12-21)26(22-10-4-5-14-24-22)18-20-9-6-15-25(17-20)16-13-19-7-2-1-3-8-19/h1-5,7-8,10,14,20-21H,6,9,11-13,15-18H2. The fourth-order valence-corrected chi connectivity index (χ4v) is 4.05.